The predicted molar refractivity (Wildman–Crippen MR) is 118 cm³/mol. The summed E-state index contributed by atoms with van der Waals surface area (Å²) in [5.74, 6) is -0.413. The monoisotopic (exact) mass is 484 g/mol. The first kappa shape index (κ1) is 22.7. The van der Waals surface area contributed by atoms with Gasteiger partial charge in [0.2, 0.25) is 0 Å². The number of nitrogens with zero attached hydrogens (tertiary/aromatic N) is 5. The number of hydrogen-bond donors (Lipinski definition) is 1. The van der Waals surface area contributed by atoms with Crippen molar-refractivity contribution in [3.05, 3.63) is 65.6 Å². The van der Waals surface area contributed by atoms with Gasteiger partial charge in [-0.1, -0.05) is 18.2 Å². The Bertz CT molecular complexity index is 1400. The molecule has 180 valence electrons. The number of benzene rings is 1. The maximum absolute atomic E-state index is 13.6. The molecule has 35 heavy (non-hydrogen) atoms. The zero-order valence-corrected chi connectivity index (χ0v) is 18.4. The van der Waals surface area contributed by atoms with Gasteiger partial charge in [0.1, 0.15) is 11.9 Å². The van der Waals surface area contributed by atoms with Gasteiger partial charge >= 0.3 is 12.2 Å². The van der Waals surface area contributed by atoms with Crippen molar-refractivity contribution < 1.29 is 27.4 Å². The Morgan fingerprint density at radius 1 is 1.23 bits per heavy atom. The van der Waals surface area contributed by atoms with Crippen LogP contribution in [0.2, 0.25) is 0 Å². The Hall–Kier alpha value is -4.06. The van der Waals surface area contributed by atoms with E-state index in [2.05, 4.69) is 25.4 Å². The molecule has 0 spiro atoms. The topological polar surface area (TPSA) is 104 Å². The number of anilines is 1. The molecule has 0 aliphatic carbocycles. The lowest BCUT2D eigenvalue weighted by Gasteiger charge is -2.13. The first-order valence-electron chi connectivity index (χ1n) is 10.7. The van der Waals surface area contributed by atoms with Crippen molar-refractivity contribution in [2.75, 3.05) is 18.5 Å². The van der Waals surface area contributed by atoms with Gasteiger partial charge in [-0.3, -0.25) is 4.79 Å². The number of aromatic nitrogens is 5. The Balaban J connectivity index is 1.46. The molecule has 0 bridgehead atoms. The molecule has 0 saturated carbocycles. The minimum Gasteiger partial charge on any atom is -0.458 e. The highest BCUT2D eigenvalue weighted by Crippen LogP contribution is 2.36. The van der Waals surface area contributed by atoms with Gasteiger partial charge in [0.05, 0.1) is 30.7 Å². The van der Waals surface area contributed by atoms with Crippen LogP contribution in [-0.4, -0.2) is 49.8 Å². The number of ether oxygens (including phenoxy) is 2. The van der Waals surface area contributed by atoms with Crippen molar-refractivity contribution in [2.45, 2.75) is 25.6 Å². The fourth-order valence-electron chi connectivity index (χ4n) is 3.76. The molecule has 1 atom stereocenters. The lowest BCUT2D eigenvalue weighted by molar-refractivity contribution is -0.137. The van der Waals surface area contributed by atoms with Crippen LogP contribution in [0.5, 0.6) is 6.01 Å². The molecule has 1 amide bonds. The van der Waals surface area contributed by atoms with Gasteiger partial charge in [0.25, 0.3) is 5.91 Å². The smallest absolute Gasteiger partial charge is 0.417 e. The molecule has 1 fully saturated rings. The molecule has 0 radical (unpaired) electrons. The highest BCUT2D eigenvalue weighted by molar-refractivity contribution is 6.03. The van der Waals surface area contributed by atoms with Crippen molar-refractivity contribution >= 4 is 17.4 Å². The van der Waals surface area contributed by atoms with E-state index in [1.165, 1.54) is 47.2 Å². The molecular weight excluding hydrogens is 465 g/mol. The molecule has 1 saturated heterocycles. The van der Waals surface area contributed by atoms with Crippen LogP contribution in [0.4, 0.5) is 19.0 Å². The van der Waals surface area contributed by atoms with E-state index in [1.54, 1.807) is 6.92 Å². The number of hydrogen-bond acceptors (Lipinski definition) is 7. The molecule has 3 aromatic heterocycles. The van der Waals surface area contributed by atoms with Gasteiger partial charge in [-0.2, -0.15) is 23.3 Å². The van der Waals surface area contributed by atoms with Crippen molar-refractivity contribution in [3.63, 3.8) is 0 Å². The van der Waals surface area contributed by atoms with Crippen molar-refractivity contribution in [2.24, 2.45) is 0 Å². The van der Waals surface area contributed by atoms with Crippen LogP contribution in [0.25, 0.3) is 16.9 Å². The van der Waals surface area contributed by atoms with Crippen LogP contribution in [-0.2, 0) is 10.9 Å². The van der Waals surface area contributed by atoms with Gasteiger partial charge in [0, 0.05) is 18.2 Å². The molecule has 9 nitrogen and oxygen atoms in total. The van der Waals surface area contributed by atoms with E-state index in [9.17, 15) is 18.0 Å². The highest BCUT2D eigenvalue weighted by atomic mass is 19.4. The maximum atomic E-state index is 13.6. The van der Waals surface area contributed by atoms with Gasteiger partial charge in [-0.15, -0.1) is 0 Å². The van der Waals surface area contributed by atoms with E-state index in [-0.39, 0.29) is 34.9 Å². The van der Waals surface area contributed by atoms with Crippen LogP contribution in [0.3, 0.4) is 0 Å². The second-order valence-corrected chi connectivity index (χ2v) is 7.92. The molecular formula is C23H19F3N6O3. The van der Waals surface area contributed by atoms with E-state index < -0.39 is 17.6 Å². The summed E-state index contributed by atoms with van der Waals surface area (Å²) in [5.41, 5.74) is 0.0714. The summed E-state index contributed by atoms with van der Waals surface area (Å²) in [6, 6.07) is 8.23. The Labute approximate surface area is 196 Å². The number of aryl methyl sites for hydroxylation is 1. The number of nitrogens with one attached hydrogen (secondary N) is 1. The van der Waals surface area contributed by atoms with E-state index in [4.69, 9.17) is 9.47 Å². The number of carbonyl (C=O) groups excluding carboxylic acids is 1. The van der Waals surface area contributed by atoms with Crippen LogP contribution in [0, 0.1) is 6.92 Å². The number of halogens is 3. The Morgan fingerprint density at radius 3 is 2.83 bits per heavy atom. The third-order valence-electron chi connectivity index (χ3n) is 5.43. The molecule has 1 unspecified atom stereocenters. The Kier molecular flexibility index (Phi) is 5.81. The van der Waals surface area contributed by atoms with E-state index in [0.29, 0.717) is 30.8 Å². The van der Waals surface area contributed by atoms with Gasteiger partial charge in [-0.25, -0.2) is 14.5 Å². The molecule has 12 heteroatoms. The fourth-order valence-corrected chi connectivity index (χ4v) is 3.76. The van der Waals surface area contributed by atoms with Crippen LogP contribution < -0.4 is 10.1 Å². The zero-order chi connectivity index (χ0) is 24.6. The average Bonchev–Trinajstić information content (AvgIpc) is 3.49. The number of alkyl halides is 3. The second kappa shape index (κ2) is 8.95. The molecule has 4 aromatic rings. The average molecular weight is 484 g/mol. The number of amides is 1. The van der Waals surface area contributed by atoms with E-state index >= 15 is 0 Å². The summed E-state index contributed by atoms with van der Waals surface area (Å²) in [6.45, 7) is 2.72. The minimum absolute atomic E-state index is 0.0275. The van der Waals surface area contributed by atoms with Crippen LogP contribution in [0.15, 0.2) is 48.8 Å². The number of imidazole rings is 1. The first-order valence-corrected chi connectivity index (χ1v) is 10.7. The third-order valence-corrected chi connectivity index (χ3v) is 5.43. The van der Waals surface area contributed by atoms with Crippen LogP contribution in [0.1, 0.15) is 28.0 Å². The highest BCUT2D eigenvalue weighted by Gasteiger charge is 2.34. The Morgan fingerprint density at radius 2 is 2.06 bits per heavy atom. The number of fused-ring (bicyclic) bond motifs is 1. The molecule has 4 heterocycles. The largest absolute Gasteiger partial charge is 0.458 e. The van der Waals surface area contributed by atoms with Crippen molar-refractivity contribution in [3.8, 4) is 17.3 Å². The minimum atomic E-state index is -4.56. The van der Waals surface area contributed by atoms with Crippen molar-refractivity contribution in [1.29, 1.82) is 0 Å². The summed E-state index contributed by atoms with van der Waals surface area (Å²) >= 11 is 0. The summed E-state index contributed by atoms with van der Waals surface area (Å²) in [5, 5.41) is 6.95. The number of carbonyl (C=O) groups is 1. The quantitative estimate of drug-likeness (QED) is 0.458. The lowest BCUT2D eigenvalue weighted by atomic mass is 10.0. The van der Waals surface area contributed by atoms with Crippen molar-refractivity contribution in [1.82, 2.24) is 24.6 Å². The lowest BCUT2D eigenvalue weighted by Crippen LogP contribution is -2.19. The second-order valence-electron chi connectivity index (χ2n) is 7.92. The maximum Gasteiger partial charge on any atom is 0.417 e. The summed E-state index contributed by atoms with van der Waals surface area (Å²) in [4.78, 5) is 25.5. The summed E-state index contributed by atoms with van der Waals surface area (Å²) < 4.78 is 52.8. The standard InChI is InChI=1S/C23H19F3N6O3/c1-13-10-17(15-4-2-3-5-16(15)23(24,25)26)31-32-18(11-28-20(13)32)21(33)29-19-6-8-27-22(30-19)35-14-7-9-34-12-14/h2-6,8,10-11,14H,7,9,12H2,1H3,(H,27,29,30,33). The third kappa shape index (κ3) is 4.64. The first-order chi connectivity index (χ1) is 16.8. The summed E-state index contributed by atoms with van der Waals surface area (Å²) in [6.07, 6.45) is -1.26. The normalized spacial score (nSPS) is 15.9. The van der Waals surface area contributed by atoms with E-state index in [0.717, 1.165) is 6.07 Å². The molecule has 1 aliphatic rings. The number of rotatable bonds is 5. The van der Waals surface area contributed by atoms with Gasteiger partial charge in [-0.05, 0) is 30.7 Å². The molecule has 5 rings (SSSR count). The summed E-state index contributed by atoms with van der Waals surface area (Å²) in [7, 11) is 0. The molecule has 1 N–H and O–H groups in total. The van der Waals surface area contributed by atoms with Gasteiger partial charge < -0.3 is 14.8 Å². The predicted octanol–water partition coefficient (Wildman–Crippen LogP) is 3.93. The fraction of sp³-hybridized carbons (Fsp3) is 0.261. The van der Waals surface area contributed by atoms with Gasteiger partial charge in [0.15, 0.2) is 11.3 Å². The zero-order valence-electron chi connectivity index (χ0n) is 18.4. The SMILES string of the molecule is Cc1cc(-c2ccccc2C(F)(F)F)nn2c(C(=O)Nc3ccnc(OC4CCOC4)n3)cnc12. The molecule has 1 aliphatic heterocycles. The molecule has 1 aromatic carbocycles. The van der Waals surface area contributed by atoms with Crippen LogP contribution >= 0.6 is 0 Å². The van der Waals surface area contributed by atoms with E-state index in [1.807, 2.05) is 0 Å².